The first-order valence-corrected chi connectivity index (χ1v) is 10.5. The van der Waals surface area contributed by atoms with Crippen molar-refractivity contribution in [3.05, 3.63) is 48.0 Å². The zero-order valence-electron chi connectivity index (χ0n) is 18.1. The van der Waals surface area contributed by atoms with Crippen LogP contribution in [0.15, 0.2) is 36.7 Å². The van der Waals surface area contributed by atoms with Gasteiger partial charge in [0.05, 0.1) is 6.33 Å². The van der Waals surface area contributed by atoms with Gasteiger partial charge in [-0.2, -0.15) is 0 Å². The Morgan fingerprint density at radius 1 is 1.24 bits per heavy atom. The van der Waals surface area contributed by atoms with Gasteiger partial charge in [-0.3, -0.25) is 9.36 Å². The van der Waals surface area contributed by atoms with Crippen molar-refractivity contribution in [2.75, 3.05) is 12.3 Å². The summed E-state index contributed by atoms with van der Waals surface area (Å²) in [4.78, 5) is 24.8. The molecule has 1 unspecified atom stereocenters. The molecule has 1 aromatic carbocycles. The molecule has 6 N–H and O–H groups in total. The van der Waals surface area contributed by atoms with E-state index in [9.17, 15) is 25.2 Å². The van der Waals surface area contributed by atoms with Crippen LogP contribution >= 0.6 is 0 Å². The molecule has 178 valence electrons. The molecule has 34 heavy (non-hydrogen) atoms. The van der Waals surface area contributed by atoms with E-state index in [2.05, 4.69) is 26.8 Å². The highest BCUT2D eigenvalue weighted by Crippen LogP contribution is 2.34. The summed E-state index contributed by atoms with van der Waals surface area (Å²) < 4.78 is 7.05. The van der Waals surface area contributed by atoms with Gasteiger partial charge in [-0.05, 0) is 18.4 Å². The third kappa shape index (κ3) is 4.30. The molecular formula is C22H24N6O6. The Morgan fingerprint density at radius 3 is 2.65 bits per heavy atom. The highest BCUT2D eigenvalue weighted by atomic mass is 16.6. The van der Waals surface area contributed by atoms with Crippen LogP contribution < -0.4 is 5.73 Å². The van der Waals surface area contributed by atoms with Gasteiger partial charge in [0.2, 0.25) is 12.2 Å². The van der Waals surface area contributed by atoms with Crippen LogP contribution in [-0.4, -0.2) is 82.3 Å². The van der Waals surface area contributed by atoms with Crippen molar-refractivity contribution in [2.24, 2.45) is 0 Å². The minimum Gasteiger partial charge on any atom is -0.387 e. The number of nitrogens with zero attached hydrogens (tertiary/aromatic N) is 5. The maximum atomic E-state index is 11.2. The number of likely N-dealkylation sites (N-methyl/N-ethyl adjacent to an activating group) is 1. The maximum absolute atomic E-state index is 11.2. The van der Waals surface area contributed by atoms with Crippen LogP contribution in [0.5, 0.6) is 0 Å². The van der Waals surface area contributed by atoms with E-state index in [0.29, 0.717) is 12.0 Å². The number of anilines is 1. The summed E-state index contributed by atoms with van der Waals surface area (Å²) in [7, 11) is 0. The molecule has 1 aliphatic heterocycles. The van der Waals surface area contributed by atoms with Gasteiger partial charge in [0.25, 0.3) is 0 Å². The molecule has 1 saturated heterocycles. The van der Waals surface area contributed by atoms with Gasteiger partial charge in [0.1, 0.15) is 29.9 Å². The number of aliphatic hydroxyl groups excluding tert-OH is 4. The second-order valence-electron chi connectivity index (χ2n) is 7.66. The summed E-state index contributed by atoms with van der Waals surface area (Å²) in [6, 6.07) is 8.83. The van der Waals surface area contributed by atoms with Crippen molar-refractivity contribution in [3.63, 3.8) is 0 Å². The number of amides is 1. The van der Waals surface area contributed by atoms with E-state index >= 15 is 0 Å². The lowest BCUT2D eigenvalue weighted by Crippen LogP contribution is -2.48. The number of hydrogen-bond acceptors (Lipinski definition) is 10. The molecule has 0 aliphatic carbocycles. The SMILES string of the molecule is CCN(C=O)C(O)[C@H]1O[C@@H](n2cnc3c(N)nc(C#C[C@@H](O)c4ccccc4)nc32)[C@H](O)[C@@H]1O. The third-order valence-electron chi connectivity index (χ3n) is 5.57. The zero-order chi connectivity index (χ0) is 24.4. The van der Waals surface area contributed by atoms with Crippen LogP contribution in [0.1, 0.15) is 30.6 Å². The van der Waals surface area contributed by atoms with Crippen molar-refractivity contribution < 1.29 is 30.0 Å². The first-order valence-electron chi connectivity index (χ1n) is 10.5. The van der Waals surface area contributed by atoms with E-state index in [1.807, 2.05) is 6.07 Å². The molecule has 3 heterocycles. The van der Waals surface area contributed by atoms with Crippen molar-refractivity contribution in [3.8, 4) is 11.8 Å². The van der Waals surface area contributed by atoms with E-state index in [1.165, 1.54) is 10.9 Å². The van der Waals surface area contributed by atoms with Crippen molar-refractivity contribution in [1.29, 1.82) is 0 Å². The van der Waals surface area contributed by atoms with Gasteiger partial charge in [-0.1, -0.05) is 36.3 Å². The molecule has 2 aromatic heterocycles. The Morgan fingerprint density at radius 2 is 1.97 bits per heavy atom. The van der Waals surface area contributed by atoms with E-state index in [0.717, 1.165) is 4.90 Å². The van der Waals surface area contributed by atoms with Gasteiger partial charge < -0.3 is 35.8 Å². The fourth-order valence-electron chi connectivity index (χ4n) is 3.71. The first kappa shape index (κ1) is 23.6. The normalized spacial score (nSPS) is 23.8. The number of aromatic nitrogens is 4. The number of hydrogen-bond donors (Lipinski definition) is 5. The molecule has 0 bridgehead atoms. The molecule has 12 heteroatoms. The van der Waals surface area contributed by atoms with E-state index < -0.39 is 36.9 Å². The van der Waals surface area contributed by atoms with Crippen molar-refractivity contribution in [1.82, 2.24) is 24.4 Å². The van der Waals surface area contributed by atoms with Crippen molar-refractivity contribution in [2.45, 2.75) is 43.8 Å². The number of carbonyl (C=O) groups is 1. The fourth-order valence-corrected chi connectivity index (χ4v) is 3.71. The lowest BCUT2D eigenvalue weighted by Gasteiger charge is -2.28. The lowest BCUT2D eigenvalue weighted by atomic mass is 10.1. The Balaban J connectivity index is 1.65. The lowest BCUT2D eigenvalue weighted by molar-refractivity contribution is -0.152. The number of ether oxygens (including phenoxy) is 1. The average Bonchev–Trinajstić information content (AvgIpc) is 3.40. The summed E-state index contributed by atoms with van der Waals surface area (Å²) in [5, 5.41) is 41.7. The number of rotatable bonds is 6. The van der Waals surface area contributed by atoms with Crippen LogP contribution in [0.25, 0.3) is 11.2 Å². The van der Waals surface area contributed by atoms with Gasteiger partial charge in [0, 0.05) is 6.54 Å². The molecule has 4 rings (SSSR count). The summed E-state index contributed by atoms with van der Waals surface area (Å²) in [6.45, 7) is 1.82. The van der Waals surface area contributed by atoms with Crippen LogP contribution in [0.2, 0.25) is 0 Å². The number of benzene rings is 1. The summed E-state index contributed by atoms with van der Waals surface area (Å²) in [5.74, 6) is 5.36. The topological polar surface area (TPSA) is 180 Å². The van der Waals surface area contributed by atoms with Crippen molar-refractivity contribution >= 4 is 23.4 Å². The minimum atomic E-state index is -1.49. The second kappa shape index (κ2) is 9.72. The number of carbonyl (C=O) groups excluding carboxylic acids is 1. The number of aliphatic hydroxyl groups is 4. The van der Waals surface area contributed by atoms with E-state index in [1.54, 1.807) is 31.2 Å². The third-order valence-corrected chi connectivity index (χ3v) is 5.57. The predicted octanol–water partition coefficient (Wildman–Crippen LogP) is -1.09. The van der Waals surface area contributed by atoms with E-state index in [-0.39, 0.29) is 29.4 Å². The van der Waals surface area contributed by atoms with Gasteiger partial charge >= 0.3 is 0 Å². The van der Waals surface area contributed by atoms with Crippen LogP contribution in [0, 0.1) is 11.8 Å². The maximum Gasteiger partial charge on any atom is 0.211 e. The number of fused-ring (bicyclic) bond motifs is 1. The molecule has 3 aromatic rings. The highest BCUT2D eigenvalue weighted by Gasteiger charge is 2.48. The second-order valence-corrected chi connectivity index (χ2v) is 7.66. The zero-order valence-corrected chi connectivity index (χ0v) is 18.1. The summed E-state index contributed by atoms with van der Waals surface area (Å²) >= 11 is 0. The number of nitrogens with two attached hydrogens (primary N) is 1. The van der Waals surface area contributed by atoms with E-state index in [4.69, 9.17) is 10.5 Å². The Labute approximate surface area is 194 Å². The molecule has 6 atom stereocenters. The fraction of sp³-hybridized carbons (Fsp3) is 0.364. The molecule has 0 spiro atoms. The Kier molecular flexibility index (Phi) is 6.73. The number of nitrogen functional groups attached to an aromatic ring is 1. The molecule has 12 nitrogen and oxygen atoms in total. The quantitative estimate of drug-likeness (QED) is 0.169. The monoisotopic (exact) mass is 468 g/mol. The smallest absolute Gasteiger partial charge is 0.211 e. The van der Waals surface area contributed by atoms with Crippen LogP contribution in [-0.2, 0) is 9.53 Å². The first-order chi connectivity index (χ1) is 16.3. The van der Waals surface area contributed by atoms with Gasteiger partial charge in [0.15, 0.2) is 23.9 Å². The largest absolute Gasteiger partial charge is 0.387 e. The molecule has 1 aliphatic rings. The van der Waals surface area contributed by atoms with Crippen LogP contribution in [0.3, 0.4) is 0 Å². The predicted molar refractivity (Wildman–Crippen MR) is 118 cm³/mol. The molecule has 0 radical (unpaired) electrons. The Hall–Kier alpha value is -3.60. The van der Waals surface area contributed by atoms with Gasteiger partial charge in [-0.25, -0.2) is 15.0 Å². The summed E-state index contributed by atoms with van der Waals surface area (Å²) in [5.41, 5.74) is 6.99. The average molecular weight is 468 g/mol. The molecular weight excluding hydrogens is 444 g/mol. The summed E-state index contributed by atoms with van der Waals surface area (Å²) in [6.07, 6.45) is -6.24. The molecule has 0 saturated carbocycles. The highest BCUT2D eigenvalue weighted by molar-refractivity contribution is 5.82. The molecule has 1 fully saturated rings. The Bertz CT molecular complexity index is 1230. The number of imidazole rings is 1. The molecule has 1 amide bonds. The minimum absolute atomic E-state index is 0.00413. The van der Waals surface area contributed by atoms with Crippen LogP contribution in [0.4, 0.5) is 5.82 Å². The standard InChI is InChI=1S/C22H24N6O6/c1-2-27(11-29)21(33)18-16(31)17(32)22(34-18)28-10-24-15-19(23)25-14(26-20(15)28)9-8-13(30)12-6-4-3-5-7-12/h3-7,10-11,13,16-18,21-22,30-33H,2H2,1H3,(H2,23,25,26)/t13-,16+,17-,18+,21?,22-/m1/s1. The van der Waals surface area contributed by atoms with Gasteiger partial charge in [-0.15, -0.1) is 0 Å².